The molecule has 0 atom stereocenters. The van der Waals surface area contributed by atoms with Gasteiger partial charge in [0.25, 0.3) is 5.91 Å². The highest BCUT2D eigenvalue weighted by Gasteiger charge is 2.23. The number of fused-ring (bicyclic) bond motifs is 1. The molecule has 0 unspecified atom stereocenters. The van der Waals surface area contributed by atoms with Crippen LogP contribution in [0.2, 0.25) is 15.1 Å². The number of nitrogens with zero attached hydrogens (tertiary/aromatic N) is 2. The van der Waals surface area contributed by atoms with E-state index in [0.29, 0.717) is 50.1 Å². The zero-order valence-corrected chi connectivity index (χ0v) is 17.9. The number of nitrogens with one attached hydrogen (secondary N) is 2. The lowest BCUT2D eigenvalue weighted by atomic mass is 10.1. The molecule has 0 bridgehead atoms. The van der Waals surface area contributed by atoms with Crippen LogP contribution in [0.5, 0.6) is 5.75 Å². The number of para-hydroxylation sites is 1. The van der Waals surface area contributed by atoms with E-state index in [1.54, 1.807) is 42.5 Å². The van der Waals surface area contributed by atoms with Gasteiger partial charge in [-0.25, -0.2) is 9.98 Å². The normalized spacial score (nSPS) is 13.7. The highest BCUT2D eigenvalue weighted by atomic mass is 35.5. The van der Waals surface area contributed by atoms with Gasteiger partial charge >= 0.3 is 0 Å². The highest BCUT2D eigenvalue weighted by molar-refractivity contribution is 6.39. The van der Waals surface area contributed by atoms with Crippen molar-refractivity contribution in [1.29, 1.82) is 0 Å². The lowest BCUT2D eigenvalue weighted by Gasteiger charge is -2.11. The standard InChI is InChI=1S/C21H15Cl3N4O2/c1-30-17-10-16-11(7-13(17)21(29)28-18-9-12(22)5-6-25-18)8-19(26-16)27-20-14(23)3-2-4-15(20)24/h2-7,9-10H,8H2,1H3,(H,26,27)(H,25,28,29). The second kappa shape index (κ2) is 8.52. The molecule has 1 aliphatic rings. The molecule has 0 radical (unpaired) electrons. The molecule has 0 saturated carbocycles. The summed E-state index contributed by atoms with van der Waals surface area (Å²) in [5.74, 6) is 1.07. The maximum absolute atomic E-state index is 12.8. The van der Waals surface area contributed by atoms with Crippen molar-refractivity contribution < 1.29 is 9.53 Å². The number of methoxy groups -OCH3 is 1. The van der Waals surface area contributed by atoms with Crippen molar-refractivity contribution in [3.63, 3.8) is 0 Å². The van der Waals surface area contributed by atoms with Gasteiger partial charge in [-0.3, -0.25) is 4.79 Å². The van der Waals surface area contributed by atoms with Gasteiger partial charge in [0, 0.05) is 29.4 Å². The van der Waals surface area contributed by atoms with Crippen LogP contribution in [-0.2, 0) is 6.42 Å². The van der Waals surface area contributed by atoms with E-state index in [4.69, 9.17) is 39.5 Å². The van der Waals surface area contributed by atoms with E-state index < -0.39 is 0 Å². The molecule has 2 N–H and O–H groups in total. The van der Waals surface area contributed by atoms with Gasteiger partial charge in [-0.15, -0.1) is 0 Å². The molecule has 2 aromatic carbocycles. The topological polar surface area (TPSA) is 75.6 Å². The van der Waals surface area contributed by atoms with Gasteiger partial charge in [-0.05, 0) is 35.9 Å². The number of amidine groups is 1. The van der Waals surface area contributed by atoms with Crippen molar-refractivity contribution in [2.75, 3.05) is 17.7 Å². The Kier molecular flexibility index (Phi) is 5.81. The second-order valence-electron chi connectivity index (χ2n) is 6.45. The maximum Gasteiger partial charge on any atom is 0.260 e. The summed E-state index contributed by atoms with van der Waals surface area (Å²) in [7, 11) is 1.50. The Morgan fingerprint density at radius 2 is 1.93 bits per heavy atom. The van der Waals surface area contributed by atoms with Crippen molar-refractivity contribution in [3.05, 3.63) is 74.9 Å². The molecule has 0 fully saturated rings. The minimum Gasteiger partial charge on any atom is -0.496 e. The van der Waals surface area contributed by atoms with E-state index >= 15 is 0 Å². The average molecular weight is 462 g/mol. The van der Waals surface area contributed by atoms with Gasteiger partial charge in [0.1, 0.15) is 23.1 Å². The number of benzene rings is 2. The molecule has 4 rings (SSSR count). The Morgan fingerprint density at radius 1 is 1.17 bits per heavy atom. The quantitative estimate of drug-likeness (QED) is 0.499. The van der Waals surface area contributed by atoms with Gasteiger partial charge in [-0.1, -0.05) is 40.9 Å². The van der Waals surface area contributed by atoms with Crippen molar-refractivity contribution in [3.8, 4) is 5.75 Å². The number of hydrogen-bond acceptors (Lipinski definition) is 4. The first-order valence-electron chi connectivity index (χ1n) is 8.87. The zero-order valence-electron chi connectivity index (χ0n) is 15.7. The number of ether oxygens (including phenoxy) is 1. The molecule has 152 valence electrons. The second-order valence-corrected chi connectivity index (χ2v) is 7.70. The van der Waals surface area contributed by atoms with Crippen LogP contribution in [0.1, 0.15) is 15.9 Å². The van der Waals surface area contributed by atoms with Gasteiger partial charge in [-0.2, -0.15) is 0 Å². The summed E-state index contributed by atoms with van der Waals surface area (Å²) in [6.07, 6.45) is 2.00. The highest BCUT2D eigenvalue weighted by Crippen LogP contribution is 2.36. The number of hydrogen-bond donors (Lipinski definition) is 2. The number of aromatic nitrogens is 1. The molecule has 30 heavy (non-hydrogen) atoms. The van der Waals surface area contributed by atoms with Crippen molar-refractivity contribution in [1.82, 2.24) is 4.98 Å². The predicted molar refractivity (Wildman–Crippen MR) is 121 cm³/mol. The van der Waals surface area contributed by atoms with E-state index in [1.165, 1.54) is 13.3 Å². The fraction of sp³-hybridized carbons (Fsp3) is 0.0952. The molecule has 1 amide bonds. The third-order valence-electron chi connectivity index (χ3n) is 4.45. The van der Waals surface area contributed by atoms with E-state index in [-0.39, 0.29) is 5.91 Å². The monoisotopic (exact) mass is 460 g/mol. The third-order valence-corrected chi connectivity index (χ3v) is 5.30. The summed E-state index contributed by atoms with van der Waals surface area (Å²) >= 11 is 18.4. The summed E-state index contributed by atoms with van der Waals surface area (Å²) in [4.78, 5) is 21.5. The van der Waals surface area contributed by atoms with Crippen molar-refractivity contribution >= 4 is 63.7 Å². The van der Waals surface area contributed by atoms with Crippen LogP contribution in [0.25, 0.3) is 0 Å². The zero-order chi connectivity index (χ0) is 21.3. The fourth-order valence-corrected chi connectivity index (χ4v) is 3.71. The minimum absolute atomic E-state index is 0.351. The number of anilines is 2. The number of carbonyl (C=O) groups excluding carboxylic acids is 1. The first-order valence-corrected chi connectivity index (χ1v) is 10.0. The van der Waals surface area contributed by atoms with E-state index in [2.05, 4.69) is 20.6 Å². The predicted octanol–water partition coefficient (Wildman–Crippen LogP) is 6.00. The van der Waals surface area contributed by atoms with Crippen LogP contribution in [0.3, 0.4) is 0 Å². The largest absolute Gasteiger partial charge is 0.496 e. The SMILES string of the molecule is COc1cc2c(cc1C(=O)Nc1cc(Cl)ccn1)CC(=Nc1c(Cl)cccc1Cl)N2. The third kappa shape index (κ3) is 4.21. The molecule has 0 aliphatic carbocycles. The fourth-order valence-electron chi connectivity index (χ4n) is 3.07. The molecule has 9 heteroatoms. The number of aliphatic imine (C=N–C) groups is 1. The molecule has 3 aromatic rings. The Bertz CT molecular complexity index is 1160. The molecule has 0 saturated heterocycles. The number of amides is 1. The van der Waals surface area contributed by atoms with E-state index in [1.807, 2.05) is 0 Å². The van der Waals surface area contributed by atoms with Gasteiger partial charge < -0.3 is 15.4 Å². The molecular formula is C21H15Cl3N4O2. The van der Waals surface area contributed by atoms with Gasteiger partial charge in [0.2, 0.25) is 0 Å². The van der Waals surface area contributed by atoms with Crippen molar-refractivity contribution in [2.45, 2.75) is 6.42 Å². The van der Waals surface area contributed by atoms with E-state index in [9.17, 15) is 4.79 Å². The number of carbonyl (C=O) groups is 1. The molecule has 1 aromatic heterocycles. The molecule has 6 nitrogen and oxygen atoms in total. The smallest absolute Gasteiger partial charge is 0.260 e. The first kappa shape index (κ1) is 20.5. The Labute approximate surface area is 187 Å². The van der Waals surface area contributed by atoms with Gasteiger partial charge in [0.05, 0.1) is 22.7 Å². The van der Waals surface area contributed by atoms with Crippen LogP contribution < -0.4 is 15.4 Å². The van der Waals surface area contributed by atoms with Gasteiger partial charge in [0.15, 0.2) is 0 Å². The average Bonchev–Trinajstić information content (AvgIpc) is 3.11. The Hall–Kier alpha value is -2.80. The number of pyridine rings is 1. The van der Waals surface area contributed by atoms with Crippen LogP contribution in [0, 0.1) is 0 Å². The Balaban J connectivity index is 1.63. The summed E-state index contributed by atoms with van der Waals surface area (Å²) in [5.41, 5.74) is 2.55. The van der Waals surface area contributed by atoms with Crippen LogP contribution in [0.4, 0.5) is 17.2 Å². The summed E-state index contributed by atoms with van der Waals surface area (Å²) < 4.78 is 5.42. The van der Waals surface area contributed by atoms with Crippen LogP contribution in [-0.4, -0.2) is 23.8 Å². The molecular weight excluding hydrogens is 447 g/mol. The molecule has 2 heterocycles. The van der Waals surface area contributed by atoms with Crippen molar-refractivity contribution in [2.24, 2.45) is 4.99 Å². The summed E-state index contributed by atoms with van der Waals surface area (Å²) in [6, 6.07) is 11.9. The first-order chi connectivity index (χ1) is 14.4. The van der Waals surface area contributed by atoms with Crippen LogP contribution in [0.15, 0.2) is 53.7 Å². The lowest BCUT2D eigenvalue weighted by Crippen LogP contribution is -2.14. The summed E-state index contributed by atoms with van der Waals surface area (Å²) in [5, 5.41) is 7.35. The Morgan fingerprint density at radius 3 is 2.63 bits per heavy atom. The lowest BCUT2D eigenvalue weighted by molar-refractivity contribution is 0.102. The minimum atomic E-state index is -0.357. The number of rotatable bonds is 4. The molecule has 1 aliphatic heterocycles. The van der Waals surface area contributed by atoms with Crippen LogP contribution >= 0.6 is 34.8 Å². The van der Waals surface area contributed by atoms with E-state index in [0.717, 1.165) is 11.3 Å². The number of halogens is 3. The summed E-state index contributed by atoms with van der Waals surface area (Å²) in [6.45, 7) is 0. The maximum atomic E-state index is 12.8. The molecule has 0 spiro atoms.